The van der Waals surface area contributed by atoms with Crippen LogP contribution < -0.4 is 5.32 Å². The van der Waals surface area contributed by atoms with Gasteiger partial charge in [0.1, 0.15) is 0 Å². The van der Waals surface area contributed by atoms with Crippen molar-refractivity contribution < 1.29 is 0 Å². The predicted molar refractivity (Wildman–Crippen MR) is 83.3 cm³/mol. The first-order valence-corrected chi connectivity index (χ1v) is 8.06. The molecule has 1 nitrogen and oxygen atoms in total. The fraction of sp³-hybridized carbons (Fsp3) is 0.667. The van der Waals surface area contributed by atoms with Crippen LogP contribution in [0.15, 0.2) is 24.3 Å². The average molecular weight is 259 g/mol. The summed E-state index contributed by atoms with van der Waals surface area (Å²) in [5.74, 6) is 0.791. The minimum atomic E-state index is 0.756. The fourth-order valence-corrected chi connectivity index (χ4v) is 2.98. The fourth-order valence-electron chi connectivity index (χ4n) is 2.98. The summed E-state index contributed by atoms with van der Waals surface area (Å²) in [5.41, 5.74) is 3.05. The van der Waals surface area contributed by atoms with Crippen LogP contribution in [0.1, 0.15) is 63.5 Å². The van der Waals surface area contributed by atoms with E-state index in [0.717, 1.165) is 18.5 Å². The molecular weight excluding hydrogens is 230 g/mol. The van der Waals surface area contributed by atoms with E-state index in [1.54, 1.807) is 5.56 Å². The second-order valence-corrected chi connectivity index (χ2v) is 6.42. The van der Waals surface area contributed by atoms with Crippen molar-refractivity contribution in [2.45, 2.75) is 71.4 Å². The Morgan fingerprint density at radius 3 is 2.42 bits per heavy atom. The Labute approximate surface area is 118 Å². The molecule has 0 aliphatic heterocycles. The number of hydrogen-bond donors (Lipinski definition) is 1. The van der Waals surface area contributed by atoms with E-state index in [4.69, 9.17) is 0 Å². The molecule has 0 unspecified atom stereocenters. The number of nitrogens with one attached hydrogen (secondary N) is 1. The van der Waals surface area contributed by atoms with Gasteiger partial charge in [-0.15, -0.1) is 0 Å². The van der Waals surface area contributed by atoms with E-state index >= 15 is 0 Å². The maximum absolute atomic E-state index is 3.77. The standard InChI is InChI=1S/C18H29N/c1-15(2)12-13-16-8-6-7-9-17(16)14-19-18-10-4-3-5-11-18/h6-9,15,18-19H,3-5,10-14H2,1-2H3. The first-order valence-electron chi connectivity index (χ1n) is 8.06. The van der Waals surface area contributed by atoms with Crippen molar-refractivity contribution in [1.29, 1.82) is 0 Å². The molecule has 0 bridgehead atoms. The van der Waals surface area contributed by atoms with Crippen LogP contribution in [0.2, 0.25) is 0 Å². The number of rotatable bonds is 6. The van der Waals surface area contributed by atoms with Gasteiger partial charge < -0.3 is 5.32 Å². The average Bonchev–Trinajstić information content (AvgIpc) is 2.45. The summed E-state index contributed by atoms with van der Waals surface area (Å²) in [6.07, 6.45) is 9.51. The zero-order valence-corrected chi connectivity index (χ0v) is 12.6. The maximum atomic E-state index is 3.77. The summed E-state index contributed by atoms with van der Waals surface area (Å²) in [7, 11) is 0. The summed E-state index contributed by atoms with van der Waals surface area (Å²) >= 11 is 0. The van der Waals surface area contributed by atoms with E-state index in [9.17, 15) is 0 Å². The second kappa shape index (κ2) is 7.69. The van der Waals surface area contributed by atoms with Crippen molar-refractivity contribution in [3.63, 3.8) is 0 Å². The Hall–Kier alpha value is -0.820. The molecule has 1 fully saturated rings. The van der Waals surface area contributed by atoms with Crippen molar-refractivity contribution in [2.24, 2.45) is 5.92 Å². The van der Waals surface area contributed by atoms with Gasteiger partial charge in [0.25, 0.3) is 0 Å². The molecule has 0 aromatic heterocycles. The lowest BCUT2D eigenvalue weighted by atomic mass is 9.94. The zero-order chi connectivity index (χ0) is 13.5. The highest BCUT2D eigenvalue weighted by Crippen LogP contribution is 2.19. The van der Waals surface area contributed by atoms with Crippen LogP contribution in [0.3, 0.4) is 0 Å². The van der Waals surface area contributed by atoms with Crippen LogP contribution >= 0.6 is 0 Å². The molecule has 106 valence electrons. The smallest absolute Gasteiger partial charge is 0.0210 e. The van der Waals surface area contributed by atoms with Crippen LogP contribution in [-0.4, -0.2) is 6.04 Å². The molecule has 1 heteroatoms. The Balaban J connectivity index is 1.87. The van der Waals surface area contributed by atoms with Gasteiger partial charge in [0.05, 0.1) is 0 Å². The first-order chi connectivity index (χ1) is 9.25. The van der Waals surface area contributed by atoms with E-state index in [2.05, 4.69) is 43.4 Å². The summed E-state index contributed by atoms with van der Waals surface area (Å²) < 4.78 is 0. The second-order valence-electron chi connectivity index (χ2n) is 6.42. The molecule has 0 saturated heterocycles. The van der Waals surface area contributed by atoms with Gasteiger partial charge in [-0.05, 0) is 42.7 Å². The third kappa shape index (κ3) is 4.99. The van der Waals surface area contributed by atoms with Gasteiger partial charge in [0.2, 0.25) is 0 Å². The molecule has 1 aromatic rings. The largest absolute Gasteiger partial charge is 0.310 e. The Kier molecular flexibility index (Phi) is 5.91. The first kappa shape index (κ1) is 14.6. The van der Waals surface area contributed by atoms with Gasteiger partial charge in [-0.3, -0.25) is 0 Å². The maximum Gasteiger partial charge on any atom is 0.0210 e. The molecule has 1 aliphatic carbocycles. The lowest BCUT2D eigenvalue weighted by molar-refractivity contribution is 0.372. The van der Waals surface area contributed by atoms with Crippen LogP contribution in [0, 0.1) is 5.92 Å². The quantitative estimate of drug-likeness (QED) is 0.781. The lowest BCUT2D eigenvalue weighted by Crippen LogP contribution is -2.30. The number of hydrogen-bond acceptors (Lipinski definition) is 1. The molecular formula is C18H29N. The zero-order valence-electron chi connectivity index (χ0n) is 12.6. The minimum absolute atomic E-state index is 0.756. The van der Waals surface area contributed by atoms with Gasteiger partial charge in [-0.1, -0.05) is 57.4 Å². The van der Waals surface area contributed by atoms with E-state index < -0.39 is 0 Å². The highest BCUT2D eigenvalue weighted by atomic mass is 14.9. The molecule has 0 heterocycles. The number of benzene rings is 1. The van der Waals surface area contributed by atoms with Gasteiger partial charge in [0, 0.05) is 12.6 Å². The van der Waals surface area contributed by atoms with Gasteiger partial charge in [0.15, 0.2) is 0 Å². The van der Waals surface area contributed by atoms with Crippen LogP contribution in [0.4, 0.5) is 0 Å². The van der Waals surface area contributed by atoms with Crippen molar-refractivity contribution in [3.8, 4) is 0 Å². The summed E-state index contributed by atoms with van der Waals surface area (Å²) in [4.78, 5) is 0. The third-order valence-electron chi connectivity index (χ3n) is 4.30. The summed E-state index contributed by atoms with van der Waals surface area (Å²) in [5, 5.41) is 3.77. The summed E-state index contributed by atoms with van der Waals surface area (Å²) in [6.45, 7) is 5.67. The topological polar surface area (TPSA) is 12.0 Å². The van der Waals surface area contributed by atoms with Crippen molar-refractivity contribution in [3.05, 3.63) is 35.4 Å². The normalized spacial score (nSPS) is 17.0. The molecule has 19 heavy (non-hydrogen) atoms. The molecule has 0 radical (unpaired) electrons. The third-order valence-corrected chi connectivity index (χ3v) is 4.30. The van der Waals surface area contributed by atoms with Crippen molar-refractivity contribution in [1.82, 2.24) is 5.32 Å². The lowest BCUT2D eigenvalue weighted by Gasteiger charge is -2.23. The van der Waals surface area contributed by atoms with E-state index in [1.807, 2.05) is 0 Å². The molecule has 0 spiro atoms. The summed E-state index contributed by atoms with van der Waals surface area (Å²) in [6, 6.07) is 9.72. The van der Waals surface area contributed by atoms with Gasteiger partial charge in [-0.2, -0.15) is 0 Å². The Morgan fingerprint density at radius 2 is 1.74 bits per heavy atom. The van der Waals surface area contributed by atoms with Crippen LogP contribution in [0.25, 0.3) is 0 Å². The van der Waals surface area contributed by atoms with E-state index in [0.29, 0.717) is 0 Å². The van der Waals surface area contributed by atoms with E-state index in [1.165, 1.54) is 50.5 Å². The monoisotopic (exact) mass is 259 g/mol. The SMILES string of the molecule is CC(C)CCc1ccccc1CNC1CCCCC1. The van der Waals surface area contributed by atoms with E-state index in [-0.39, 0.29) is 0 Å². The Morgan fingerprint density at radius 1 is 1.05 bits per heavy atom. The molecule has 1 aromatic carbocycles. The molecule has 1 saturated carbocycles. The number of aryl methyl sites for hydroxylation is 1. The van der Waals surface area contributed by atoms with Crippen molar-refractivity contribution in [2.75, 3.05) is 0 Å². The molecule has 0 atom stereocenters. The highest BCUT2D eigenvalue weighted by Gasteiger charge is 2.13. The predicted octanol–water partition coefficient (Wildman–Crippen LogP) is 4.70. The molecule has 0 amide bonds. The van der Waals surface area contributed by atoms with Gasteiger partial charge in [-0.25, -0.2) is 0 Å². The molecule has 2 rings (SSSR count). The Bertz CT molecular complexity index is 364. The van der Waals surface area contributed by atoms with Gasteiger partial charge >= 0.3 is 0 Å². The van der Waals surface area contributed by atoms with Crippen molar-refractivity contribution >= 4 is 0 Å². The highest BCUT2D eigenvalue weighted by molar-refractivity contribution is 5.27. The minimum Gasteiger partial charge on any atom is -0.310 e. The molecule has 1 aliphatic rings. The van der Waals surface area contributed by atoms with Crippen LogP contribution in [0.5, 0.6) is 0 Å². The van der Waals surface area contributed by atoms with Crippen LogP contribution in [-0.2, 0) is 13.0 Å². The molecule has 1 N–H and O–H groups in total.